The fourth-order valence-electron chi connectivity index (χ4n) is 1.37. The number of nitrogens with two attached hydrogens (primary N) is 1. The van der Waals surface area contributed by atoms with Crippen molar-refractivity contribution in [1.29, 1.82) is 0 Å². The van der Waals surface area contributed by atoms with Crippen LogP contribution in [0, 0.1) is 12.8 Å². The summed E-state index contributed by atoms with van der Waals surface area (Å²) in [4.78, 5) is 15.9. The summed E-state index contributed by atoms with van der Waals surface area (Å²) in [6.07, 6.45) is 1.30. The van der Waals surface area contributed by atoms with Gasteiger partial charge in [-0.1, -0.05) is 6.92 Å². The maximum Gasteiger partial charge on any atom is 0.224 e. The highest BCUT2D eigenvalue weighted by atomic mass is 79.9. The van der Waals surface area contributed by atoms with Crippen molar-refractivity contribution < 1.29 is 4.79 Å². The van der Waals surface area contributed by atoms with Crippen LogP contribution >= 0.6 is 15.9 Å². The molecule has 0 radical (unpaired) electrons. The average molecular weight is 300 g/mol. The zero-order valence-corrected chi connectivity index (χ0v) is 11.8. The molecule has 17 heavy (non-hydrogen) atoms. The van der Waals surface area contributed by atoms with Gasteiger partial charge in [-0.2, -0.15) is 0 Å². The lowest BCUT2D eigenvalue weighted by atomic mass is 10.1. The van der Waals surface area contributed by atoms with E-state index in [-0.39, 0.29) is 5.91 Å². The lowest BCUT2D eigenvalue weighted by molar-refractivity contribution is -0.116. The number of anilines is 1. The fourth-order valence-corrected chi connectivity index (χ4v) is 1.77. The Balaban J connectivity index is 2.50. The van der Waals surface area contributed by atoms with Crippen molar-refractivity contribution in [3.8, 4) is 0 Å². The van der Waals surface area contributed by atoms with Gasteiger partial charge in [0.1, 0.15) is 4.60 Å². The highest BCUT2D eigenvalue weighted by Crippen LogP contribution is 2.16. The molecule has 0 aromatic carbocycles. The average Bonchev–Trinajstić information content (AvgIpc) is 2.29. The Morgan fingerprint density at radius 1 is 1.59 bits per heavy atom. The van der Waals surface area contributed by atoms with Gasteiger partial charge in [-0.25, -0.2) is 4.98 Å². The number of hydrogen-bond donors (Lipinski definition) is 2. The van der Waals surface area contributed by atoms with E-state index in [9.17, 15) is 4.79 Å². The first-order valence-corrected chi connectivity index (χ1v) is 6.45. The summed E-state index contributed by atoms with van der Waals surface area (Å²) in [6.45, 7) is 4.52. The summed E-state index contributed by atoms with van der Waals surface area (Å²) >= 11 is 3.28. The van der Waals surface area contributed by atoms with Gasteiger partial charge in [0.15, 0.2) is 0 Å². The summed E-state index contributed by atoms with van der Waals surface area (Å²) in [6, 6.07) is 3.65. The van der Waals surface area contributed by atoms with E-state index in [1.807, 2.05) is 26.0 Å². The standard InChI is InChI=1S/C12H18BrN3O/c1-8(7-14)3-6-12(17)16-10-4-5-11(13)15-9(10)2/h4-5,8H,3,6-7,14H2,1-2H3,(H,16,17). The topological polar surface area (TPSA) is 68.0 Å². The fraction of sp³-hybridized carbons (Fsp3) is 0.500. The van der Waals surface area contributed by atoms with Crippen LogP contribution in [0.2, 0.25) is 0 Å². The first-order chi connectivity index (χ1) is 8.02. The first kappa shape index (κ1) is 14.1. The Morgan fingerprint density at radius 3 is 2.88 bits per heavy atom. The molecule has 0 aliphatic heterocycles. The third-order valence-corrected chi connectivity index (χ3v) is 3.03. The Bertz CT molecular complexity index is 395. The van der Waals surface area contributed by atoms with E-state index < -0.39 is 0 Å². The van der Waals surface area contributed by atoms with E-state index in [1.165, 1.54) is 0 Å². The number of hydrogen-bond acceptors (Lipinski definition) is 3. The van der Waals surface area contributed by atoms with Crippen molar-refractivity contribution in [2.45, 2.75) is 26.7 Å². The monoisotopic (exact) mass is 299 g/mol. The predicted molar refractivity (Wildman–Crippen MR) is 72.8 cm³/mol. The molecule has 0 spiro atoms. The van der Waals surface area contributed by atoms with Crippen LogP contribution in [0.5, 0.6) is 0 Å². The van der Waals surface area contributed by atoms with Crippen molar-refractivity contribution >= 4 is 27.5 Å². The van der Waals surface area contributed by atoms with Gasteiger partial charge in [0, 0.05) is 6.42 Å². The van der Waals surface area contributed by atoms with E-state index in [0.717, 1.165) is 22.4 Å². The molecule has 5 heteroatoms. The number of carbonyl (C=O) groups excluding carboxylic acids is 1. The molecule has 1 rings (SSSR count). The van der Waals surface area contributed by atoms with Crippen molar-refractivity contribution in [1.82, 2.24) is 4.98 Å². The number of rotatable bonds is 5. The molecule has 0 saturated carbocycles. The van der Waals surface area contributed by atoms with Gasteiger partial charge < -0.3 is 11.1 Å². The first-order valence-electron chi connectivity index (χ1n) is 5.66. The molecule has 1 heterocycles. The Labute approximate surface area is 110 Å². The van der Waals surface area contributed by atoms with Crippen molar-refractivity contribution in [2.24, 2.45) is 11.7 Å². The van der Waals surface area contributed by atoms with Crippen LogP contribution in [0.3, 0.4) is 0 Å². The van der Waals surface area contributed by atoms with E-state index in [1.54, 1.807) is 0 Å². The van der Waals surface area contributed by atoms with Gasteiger partial charge in [-0.05, 0) is 53.9 Å². The van der Waals surface area contributed by atoms with E-state index in [0.29, 0.717) is 18.9 Å². The largest absolute Gasteiger partial charge is 0.330 e. The third-order valence-electron chi connectivity index (χ3n) is 2.59. The quantitative estimate of drug-likeness (QED) is 0.821. The zero-order valence-electron chi connectivity index (χ0n) is 10.2. The molecule has 0 aliphatic rings. The number of nitrogens with one attached hydrogen (secondary N) is 1. The summed E-state index contributed by atoms with van der Waals surface area (Å²) in [7, 11) is 0. The van der Waals surface area contributed by atoms with Crippen molar-refractivity contribution in [2.75, 3.05) is 11.9 Å². The second-order valence-electron chi connectivity index (χ2n) is 4.19. The molecule has 0 saturated heterocycles. The van der Waals surface area contributed by atoms with Gasteiger partial charge in [-0.15, -0.1) is 0 Å². The smallest absolute Gasteiger partial charge is 0.224 e. The molecule has 94 valence electrons. The lowest BCUT2D eigenvalue weighted by Gasteiger charge is -2.10. The highest BCUT2D eigenvalue weighted by molar-refractivity contribution is 9.10. The number of aromatic nitrogens is 1. The minimum atomic E-state index is 0.0116. The van der Waals surface area contributed by atoms with E-state index in [4.69, 9.17) is 5.73 Å². The second kappa shape index (κ2) is 6.71. The molecule has 0 aliphatic carbocycles. The Kier molecular flexibility index (Phi) is 5.58. The summed E-state index contributed by atoms with van der Waals surface area (Å²) in [5, 5.41) is 2.85. The normalized spacial score (nSPS) is 12.2. The molecule has 0 bridgehead atoms. The van der Waals surface area contributed by atoms with Crippen LogP contribution in [-0.4, -0.2) is 17.4 Å². The van der Waals surface area contributed by atoms with Crippen LogP contribution in [0.15, 0.2) is 16.7 Å². The molecule has 1 aromatic rings. The minimum Gasteiger partial charge on any atom is -0.330 e. The van der Waals surface area contributed by atoms with Crippen molar-refractivity contribution in [3.63, 3.8) is 0 Å². The Hall–Kier alpha value is -0.940. The van der Waals surface area contributed by atoms with Crippen LogP contribution in [0.4, 0.5) is 5.69 Å². The van der Waals surface area contributed by atoms with Crippen LogP contribution in [0.1, 0.15) is 25.5 Å². The van der Waals surface area contributed by atoms with Gasteiger partial charge in [0.25, 0.3) is 0 Å². The number of halogens is 1. The van der Waals surface area contributed by atoms with Crippen LogP contribution in [-0.2, 0) is 4.79 Å². The van der Waals surface area contributed by atoms with Crippen molar-refractivity contribution in [3.05, 3.63) is 22.4 Å². The van der Waals surface area contributed by atoms with Gasteiger partial charge in [0.2, 0.25) is 5.91 Å². The number of aryl methyl sites for hydroxylation is 1. The summed E-state index contributed by atoms with van der Waals surface area (Å²) in [5.41, 5.74) is 7.07. The van der Waals surface area contributed by atoms with E-state index >= 15 is 0 Å². The van der Waals surface area contributed by atoms with Gasteiger partial charge >= 0.3 is 0 Å². The minimum absolute atomic E-state index is 0.0116. The molecule has 1 aromatic heterocycles. The highest BCUT2D eigenvalue weighted by Gasteiger charge is 2.08. The summed E-state index contributed by atoms with van der Waals surface area (Å²) in [5.74, 6) is 0.391. The SMILES string of the molecule is Cc1nc(Br)ccc1NC(=O)CCC(C)CN. The number of nitrogens with zero attached hydrogens (tertiary/aromatic N) is 1. The molecule has 3 N–H and O–H groups in total. The van der Waals surface area contributed by atoms with Crippen LogP contribution in [0.25, 0.3) is 0 Å². The molecule has 0 fully saturated rings. The van der Waals surface area contributed by atoms with Gasteiger partial charge in [0.05, 0.1) is 11.4 Å². The number of amides is 1. The molecular weight excluding hydrogens is 282 g/mol. The third kappa shape index (κ3) is 4.83. The number of carbonyl (C=O) groups is 1. The molecule has 1 amide bonds. The zero-order chi connectivity index (χ0) is 12.8. The number of pyridine rings is 1. The lowest BCUT2D eigenvalue weighted by Crippen LogP contribution is -2.17. The maximum absolute atomic E-state index is 11.7. The second-order valence-corrected chi connectivity index (χ2v) is 5.01. The van der Waals surface area contributed by atoms with Gasteiger partial charge in [-0.3, -0.25) is 4.79 Å². The molecule has 1 unspecified atom stereocenters. The predicted octanol–water partition coefficient (Wildman–Crippen LogP) is 2.47. The maximum atomic E-state index is 11.7. The Morgan fingerprint density at radius 2 is 2.29 bits per heavy atom. The molecular formula is C12H18BrN3O. The molecule has 4 nitrogen and oxygen atoms in total. The molecule has 1 atom stereocenters. The van der Waals surface area contributed by atoms with E-state index in [2.05, 4.69) is 26.2 Å². The van der Waals surface area contributed by atoms with Crippen LogP contribution < -0.4 is 11.1 Å². The summed E-state index contributed by atoms with van der Waals surface area (Å²) < 4.78 is 0.768.